The molecule has 0 atom stereocenters. The summed E-state index contributed by atoms with van der Waals surface area (Å²) in [5.41, 5.74) is 7.03. The molecule has 2 N–H and O–H groups in total. The van der Waals surface area contributed by atoms with E-state index in [-0.39, 0.29) is 5.56 Å². The predicted octanol–water partition coefficient (Wildman–Crippen LogP) is 3.17. The fraction of sp³-hybridized carbons (Fsp3) is 0.154. The maximum Gasteiger partial charge on any atom is 0.166 e. The highest BCUT2D eigenvalue weighted by molar-refractivity contribution is 5.67. The van der Waals surface area contributed by atoms with Gasteiger partial charge in [0.1, 0.15) is 5.82 Å². The molecule has 0 amide bonds. The van der Waals surface area contributed by atoms with Crippen LogP contribution in [0.15, 0.2) is 30.3 Å². The van der Waals surface area contributed by atoms with Gasteiger partial charge in [0, 0.05) is 11.1 Å². The van der Waals surface area contributed by atoms with E-state index in [4.69, 9.17) is 5.73 Å². The second-order valence-electron chi connectivity index (χ2n) is 3.69. The monoisotopic (exact) mass is 234 g/mol. The number of nitrogens with two attached hydrogens (primary N) is 1. The van der Waals surface area contributed by atoms with Crippen LogP contribution in [0.25, 0.3) is 11.1 Å². The lowest BCUT2D eigenvalue weighted by molar-refractivity contribution is 0.511. The minimum atomic E-state index is -0.860. The number of aromatic nitrogens is 1. The molecule has 88 valence electrons. The maximum atomic E-state index is 13.7. The van der Waals surface area contributed by atoms with Gasteiger partial charge in [0.25, 0.3) is 0 Å². The molecule has 1 heterocycles. The Labute approximate surface area is 98.1 Å². The summed E-state index contributed by atoms with van der Waals surface area (Å²) in [5.74, 6) is -1.34. The van der Waals surface area contributed by atoms with Gasteiger partial charge in [-0.3, -0.25) is 0 Å². The number of hydrogen-bond donors (Lipinski definition) is 1. The number of pyridine rings is 1. The molecule has 0 radical (unpaired) electrons. The summed E-state index contributed by atoms with van der Waals surface area (Å²) >= 11 is 0. The lowest BCUT2D eigenvalue weighted by Crippen LogP contribution is -1.99. The van der Waals surface area contributed by atoms with Crippen LogP contribution in [0.5, 0.6) is 0 Å². The van der Waals surface area contributed by atoms with Gasteiger partial charge in [-0.25, -0.2) is 13.8 Å². The highest BCUT2D eigenvalue weighted by Crippen LogP contribution is 2.27. The van der Waals surface area contributed by atoms with E-state index in [1.54, 1.807) is 12.1 Å². The van der Waals surface area contributed by atoms with Crippen LogP contribution in [-0.4, -0.2) is 4.98 Å². The van der Waals surface area contributed by atoms with Gasteiger partial charge < -0.3 is 5.73 Å². The molecule has 1 aromatic heterocycles. The zero-order chi connectivity index (χ0) is 12.4. The molecule has 0 aliphatic heterocycles. The minimum Gasteiger partial charge on any atom is -0.384 e. The van der Waals surface area contributed by atoms with Gasteiger partial charge in [-0.2, -0.15) is 0 Å². The third-order valence-electron chi connectivity index (χ3n) is 2.57. The van der Waals surface area contributed by atoms with Crippen LogP contribution in [0.3, 0.4) is 0 Å². The molecule has 0 spiro atoms. The van der Waals surface area contributed by atoms with Crippen molar-refractivity contribution in [3.8, 4) is 11.1 Å². The molecule has 4 heteroatoms. The van der Waals surface area contributed by atoms with Gasteiger partial charge in [-0.05, 0) is 24.6 Å². The first kappa shape index (κ1) is 11.5. The molecular formula is C13H12F2N2. The van der Waals surface area contributed by atoms with E-state index in [0.717, 1.165) is 6.07 Å². The first-order valence-corrected chi connectivity index (χ1v) is 5.33. The normalized spacial score (nSPS) is 10.5. The van der Waals surface area contributed by atoms with Crippen LogP contribution in [-0.2, 0) is 6.42 Å². The third kappa shape index (κ3) is 2.11. The first-order chi connectivity index (χ1) is 8.13. The molecule has 2 rings (SSSR count). The maximum absolute atomic E-state index is 13.7. The quantitative estimate of drug-likeness (QED) is 0.866. The number of anilines is 1. The average Bonchev–Trinajstić information content (AvgIpc) is 2.33. The molecule has 0 unspecified atom stereocenters. The summed E-state index contributed by atoms with van der Waals surface area (Å²) in [5, 5.41) is 0. The van der Waals surface area contributed by atoms with Crippen molar-refractivity contribution >= 4 is 5.82 Å². The van der Waals surface area contributed by atoms with Crippen LogP contribution in [0, 0.1) is 11.6 Å². The Kier molecular flexibility index (Phi) is 3.04. The fourth-order valence-electron chi connectivity index (χ4n) is 1.74. The van der Waals surface area contributed by atoms with Crippen molar-refractivity contribution in [2.75, 3.05) is 5.73 Å². The molecule has 0 bridgehead atoms. The van der Waals surface area contributed by atoms with Gasteiger partial charge in [-0.15, -0.1) is 0 Å². The molecule has 0 saturated carbocycles. The van der Waals surface area contributed by atoms with Crippen molar-refractivity contribution in [2.45, 2.75) is 13.3 Å². The zero-order valence-electron chi connectivity index (χ0n) is 9.37. The number of hydrogen-bond acceptors (Lipinski definition) is 2. The van der Waals surface area contributed by atoms with Crippen LogP contribution in [0.4, 0.5) is 14.6 Å². The number of rotatable bonds is 2. The Morgan fingerprint density at radius 1 is 1.12 bits per heavy atom. The van der Waals surface area contributed by atoms with E-state index in [2.05, 4.69) is 4.98 Å². The van der Waals surface area contributed by atoms with E-state index in [1.807, 2.05) is 6.92 Å². The average molecular weight is 234 g/mol. The van der Waals surface area contributed by atoms with Gasteiger partial charge in [0.05, 0.1) is 5.69 Å². The summed E-state index contributed by atoms with van der Waals surface area (Å²) in [6, 6.07) is 7.35. The summed E-state index contributed by atoms with van der Waals surface area (Å²) in [6.45, 7) is 1.89. The summed E-state index contributed by atoms with van der Waals surface area (Å²) in [7, 11) is 0. The standard InChI is InChI=1S/C13H12F2N2/c1-2-11-8(6-7-12(16)17-11)9-4-3-5-10(14)13(9)15/h3-7H,2H2,1H3,(H2,16,17). The van der Waals surface area contributed by atoms with Crippen LogP contribution in [0.1, 0.15) is 12.6 Å². The smallest absolute Gasteiger partial charge is 0.166 e. The van der Waals surface area contributed by atoms with E-state index < -0.39 is 11.6 Å². The predicted molar refractivity (Wildman–Crippen MR) is 63.4 cm³/mol. The second-order valence-corrected chi connectivity index (χ2v) is 3.69. The molecule has 17 heavy (non-hydrogen) atoms. The molecule has 2 nitrogen and oxygen atoms in total. The van der Waals surface area contributed by atoms with E-state index in [0.29, 0.717) is 23.5 Å². The SMILES string of the molecule is CCc1nc(N)ccc1-c1cccc(F)c1F. The highest BCUT2D eigenvalue weighted by atomic mass is 19.2. The molecule has 2 aromatic rings. The van der Waals surface area contributed by atoms with Crippen molar-refractivity contribution in [2.24, 2.45) is 0 Å². The van der Waals surface area contributed by atoms with Crippen molar-refractivity contribution in [1.29, 1.82) is 0 Å². The Bertz CT molecular complexity index is 553. The van der Waals surface area contributed by atoms with Crippen LogP contribution < -0.4 is 5.73 Å². The van der Waals surface area contributed by atoms with Gasteiger partial charge in [0.15, 0.2) is 11.6 Å². The van der Waals surface area contributed by atoms with E-state index >= 15 is 0 Å². The minimum absolute atomic E-state index is 0.217. The number of halogens is 2. The Balaban J connectivity index is 2.64. The number of nitrogens with zero attached hydrogens (tertiary/aromatic N) is 1. The number of benzene rings is 1. The van der Waals surface area contributed by atoms with Crippen molar-refractivity contribution in [3.63, 3.8) is 0 Å². The van der Waals surface area contributed by atoms with Crippen molar-refractivity contribution < 1.29 is 8.78 Å². The summed E-state index contributed by atoms with van der Waals surface area (Å²) < 4.78 is 26.8. The molecule has 0 fully saturated rings. The van der Waals surface area contributed by atoms with Gasteiger partial charge in [0.2, 0.25) is 0 Å². The van der Waals surface area contributed by atoms with Crippen LogP contribution in [0.2, 0.25) is 0 Å². The molecule has 0 aliphatic carbocycles. The number of aryl methyl sites for hydroxylation is 1. The fourth-order valence-corrected chi connectivity index (χ4v) is 1.74. The van der Waals surface area contributed by atoms with Gasteiger partial charge >= 0.3 is 0 Å². The Hall–Kier alpha value is -1.97. The van der Waals surface area contributed by atoms with Crippen molar-refractivity contribution in [3.05, 3.63) is 47.7 Å². The molecular weight excluding hydrogens is 222 g/mol. The largest absolute Gasteiger partial charge is 0.384 e. The summed E-state index contributed by atoms with van der Waals surface area (Å²) in [4.78, 5) is 4.13. The van der Waals surface area contributed by atoms with Crippen molar-refractivity contribution in [1.82, 2.24) is 4.98 Å². The lowest BCUT2D eigenvalue weighted by Gasteiger charge is -2.09. The topological polar surface area (TPSA) is 38.9 Å². The Morgan fingerprint density at radius 2 is 1.88 bits per heavy atom. The zero-order valence-corrected chi connectivity index (χ0v) is 9.37. The second kappa shape index (κ2) is 4.49. The molecule has 1 aromatic carbocycles. The Morgan fingerprint density at radius 3 is 2.59 bits per heavy atom. The van der Waals surface area contributed by atoms with Crippen LogP contribution >= 0.6 is 0 Å². The first-order valence-electron chi connectivity index (χ1n) is 5.33. The molecule has 0 saturated heterocycles. The van der Waals surface area contributed by atoms with E-state index in [9.17, 15) is 8.78 Å². The summed E-state index contributed by atoms with van der Waals surface area (Å²) in [6.07, 6.45) is 0.607. The van der Waals surface area contributed by atoms with Gasteiger partial charge in [-0.1, -0.05) is 19.1 Å². The number of nitrogen functional groups attached to an aromatic ring is 1. The van der Waals surface area contributed by atoms with E-state index in [1.165, 1.54) is 12.1 Å². The lowest BCUT2D eigenvalue weighted by atomic mass is 10.0. The molecule has 0 aliphatic rings. The highest BCUT2D eigenvalue weighted by Gasteiger charge is 2.13. The third-order valence-corrected chi connectivity index (χ3v) is 2.57.